The van der Waals surface area contributed by atoms with Crippen molar-refractivity contribution in [3.05, 3.63) is 63.6 Å². The van der Waals surface area contributed by atoms with Gasteiger partial charge < -0.3 is 4.90 Å². The summed E-state index contributed by atoms with van der Waals surface area (Å²) in [6.07, 6.45) is 2.35. The molecule has 0 radical (unpaired) electrons. The van der Waals surface area contributed by atoms with E-state index in [1.165, 1.54) is 12.8 Å². The van der Waals surface area contributed by atoms with Gasteiger partial charge in [0.05, 0.1) is 12.2 Å². The zero-order chi connectivity index (χ0) is 16.7. The van der Waals surface area contributed by atoms with Gasteiger partial charge in [-0.05, 0) is 38.0 Å². The van der Waals surface area contributed by atoms with E-state index < -0.39 is 0 Å². The van der Waals surface area contributed by atoms with E-state index in [0.29, 0.717) is 31.5 Å². The maximum absolute atomic E-state index is 12.4. The number of carbonyl (C=O) groups is 1. The lowest BCUT2D eigenvalue weighted by atomic mass is 9.98. The number of rotatable bonds is 4. The van der Waals surface area contributed by atoms with Crippen molar-refractivity contribution in [3.63, 3.8) is 0 Å². The second-order valence-electron chi connectivity index (χ2n) is 7.00. The molecule has 0 N–H and O–H groups in total. The molecule has 24 heavy (non-hydrogen) atoms. The van der Waals surface area contributed by atoms with Crippen LogP contribution >= 0.6 is 0 Å². The van der Waals surface area contributed by atoms with E-state index >= 15 is 0 Å². The number of amides is 1. The summed E-state index contributed by atoms with van der Waals surface area (Å²) < 4.78 is 1.58. The summed E-state index contributed by atoms with van der Waals surface area (Å²) in [6, 6.07) is 11.1. The highest BCUT2D eigenvalue weighted by Gasteiger charge is 2.32. The number of aryl methyl sites for hydroxylation is 1. The van der Waals surface area contributed by atoms with Crippen molar-refractivity contribution in [3.8, 4) is 0 Å². The topological polar surface area (TPSA) is 55.2 Å². The van der Waals surface area contributed by atoms with Gasteiger partial charge in [0.15, 0.2) is 0 Å². The number of hydrogen-bond donors (Lipinski definition) is 0. The average Bonchev–Trinajstić information content (AvgIpc) is 3.37. The van der Waals surface area contributed by atoms with E-state index in [2.05, 4.69) is 5.10 Å². The first-order chi connectivity index (χ1) is 11.6. The summed E-state index contributed by atoms with van der Waals surface area (Å²) in [5.41, 5.74) is 2.85. The van der Waals surface area contributed by atoms with Crippen LogP contribution in [-0.2, 0) is 6.54 Å². The molecular weight excluding hydrogens is 302 g/mol. The zero-order valence-corrected chi connectivity index (χ0v) is 13.8. The maximum atomic E-state index is 12.4. The summed E-state index contributed by atoms with van der Waals surface area (Å²) in [7, 11) is 0. The van der Waals surface area contributed by atoms with Gasteiger partial charge in [0.2, 0.25) is 0 Å². The zero-order valence-electron chi connectivity index (χ0n) is 13.8. The SMILES string of the molecule is Cc1ccc(C(=O)N2CC(Cn3nc(C4CC4)ccc3=O)C2)cc1. The minimum atomic E-state index is -0.0530. The lowest BCUT2D eigenvalue weighted by Gasteiger charge is -2.39. The molecule has 5 heteroatoms. The van der Waals surface area contributed by atoms with Crippen molar-refractivity contribution in [2.24, 2.45) is 5.92 Å². The summed E-state index contributed by atoms with van der Waals surface area (Å²) in [6.45, 7) is 3.98. The Kier molecular flexibility index (Phi) is 3.71. The Hall–Kier alpha value is -2.43. The summed E-state index contributed by atoms with van der Waals surface area (Å²) in [5.74, 6) is 0.912. The summed E-state index contributed by atoms with van der Waals surface area (Å²) in [5, 5.41) is 4.49. The number of benzene rings is 1. The molecule has 0 atom stereocenters. The van der Waals surface area contributed by atoms with Crippen LogP contribution in [-0.4, -0.2) is 33.7 Å². The summed E-state index contributed by atoms with van der Waals surface area (Å²) >= 11 is 0. The van der Waals surface area contributed by atoms with E-state index in [9.17, 15) is 9.59 Å². The largest absolute Gasteiger partial charge is 0.338 e. The van der Waals surface area contributed by atoms with E-state index in [1.807, 2.05) is 42.2 Å². The number of nitrogens with zero attached hydrogens (tertiary/aromatic N) is 3. The molecule has 124 valence electrons. The molecule has 1 aliphatic carbocycles. The van der Waals surface area contributed by atoms with Gasteiger partial charge in [-0.3, -0.25) is 9.59 Å². The molecule has 2 fully saturated rings. The molecule has 2 aromatic rings. The molecule has 4 rings (SSSR count). The molecule has 2 aliphatic rings. The quantitative estimate of drug-likeness (QED) is 0.867. The maximum Gasteiger partial charge on any atom is 0.266 e. The Balaban J connectivity index is 1.38. The van der Waals surface area contributed by atoms with Crippen molar-refractivity contribution in [2.75, 3.05) is 13.1 Å². The second-order valence-corrected chi connectivity index (χ2v) is 7.00. The first-order valence-corrected chi connectivity index (χ1v) is 8.54. The van der Waals surface area contributed by atoms with Crippen LogP contribution in [0.1, 0.15) is 40.4 Å². The predicted molar refractivity (Wildman–Crippen MR) is 91.0 cm³/mol. The standard InChI is InChI=1S/C19H21N3O2/c1-13-2-4-16(5-3-13)19(24)21-10-14(11-21)12-22-18(23)9-8-17(20-22)15-6-7-15/h2-5,8-9,14-15H,6-7,10-12H2,1H3. The Morgan fingerprint density at radius 2 is 1.83 bits per heavy atom. The van der Waals surface area contributed by atoms with Gasteiger partial charge >= 0.3 is 0 Å². The van der Waals surface area contributed by atoms with E-state index in [1.54, 1.807) is 10.7 Å². The van der Waals surface area contributed by atoms with E-state index in [4.69, 9.17) is 0 Å². The fourth-order valence-electron chi connectivity index (χ4n) is 3.17. The molecule has 5 nitrogen and oxygen atoms in total. The molecule has 1 aromatic carbocycles. The minimum absolute atomic E-state index is 0.0530. The minimum Gasteiger partial charge on any atom is -0.338 e. The monoisotopic (exact) mass is 323 g/mol. The van der Waals surface area contributed by atoms with Crippen LogP contribution in [0.15, 0.2) is 41.2 Å². The van der Waals surface area contributed by atoms with Crippen LogP contribution in [0.4, 0.5) is 0 Å². The Morgan fingerprint density at radius 1 is 1.12 bits per heavy atom. The predicted octanol–water partition coefficient (Wildman–Crippen LogP) is 2.20. The van der Waals surface area contributed by atoms with Gasteiger partial charge in [0.1, 0.15) is 0 Å². The van der Waals surface area contributed by atoms with Crippen molar-refractivity contribution in [2.45, 2.75) is 32.2 Å². The smallest absolute Gasteiger partial charge is 0.266 e. The molecule has 1 saturated carbocycles. The van der Waals surface area contributed by atoms with Crippen molar-refractivity contribution in [1.82, 2.24) is 14.7 Å². The number of carbonyl (C=O) groups excluding carboxylic acids is 1. The van der Waals surface area contributed by atoms with Gasteiger partial charge in [-0.25, -0.2) is 4.68 Å². The van der Waals surface area contributed by atoms with Crippen LogP contribution in [0.2, 0.25) is 0 Å². The number of hydrogen-bond acceptors (Lipinski definition) is 3. The van der Waals surface area contributed by atoms with Gasteiger partial charge in [-0.15, -0.1) is 0 Å². The van der Waals surface area contributed by atoms with Crippen molar-refractivity contribution >= 4 is 5.91 Å². The lowest BCUT2D eigenvalue weighted by Crippen LogP contribution is -2.52. The molecular formula is C19H21N3O2. The van der Waals surface area contributed by atoms with Crippen LogP contribution in [0.3, 0.4) is 0 Å². The molecule has 1 amide bonds. The number of aromatic nitrogens is 2. The first-order valence-electron chi connectivity index (χ1n) is 8.54. The Bertz CT molecular complexity index is 815. The second kappa shape index (κ2) is 5.89. The third kappa shape index (κ3) is 2.98. The lowest BCUT2D eigenvalue weighted by molar-refractivity contribution is 0.0458. The summed E-state index contributed by atoms with van der Waals surface area (Å²) in [4.78, 5) is 26.2. The molecule has 0 bridgehead atoms. The van der Waals surface area contributed by atoms with Gasteiger partial charge in [0.25, 0.3) is 11.5 Å². The average molecular weight is 323 g/mol. The third-order valence-corrected chi connectivity index (χ3v) is 4.86. The van der Waals surface area contributed by atoms with E-state index in [-0.39, 0.29) is 11.5 Å². The molecule has 0 spiro atoms. The Morgan fingerprint density at radius 3 is 2.50 bits per heavy atom. The molecule has 0 unspecified atom stereocenters. The highest BCUT2D eigenvalue weighted by atomic mass is 16.2. The first kappa shape index (κ1) is 15.1. The Labute approximate surface area is 140 Å². The van der Waals surface area contributed by atoms with Crippen molar-refractivity contribution < 1.29 is 4.79 Å². The van der Waals surface area contributed by atoms with Crippen LogP contribution < -0.4 is 5.56 Å². The molecule has 2 heterocycles. The molecule has 1 aliphatic heterocycles. The van der Waals surface area contributed by atoms with Gasteiger partial charge in [-0.1, -0.05) is 17.7 Å². The highest BCUT2D eigenvalue weighted by molar-refractivity contribution is 5.94. The fraction of sp³-hybridized carbons (Fsp3) is 0.421. The van der Waals surface area contributed by atoms with Crippen LogP contribution in [0.5, 0.6) is 0 Å². The van der Waals surface area contributed by atoms with Crippen molar-refractivity contribution in [1.29, 1.82) is 0 Å². The van der Waals surface area contributed by atoms with E-state index in [0.717, 1.165) is 16.8 Å². The van der Waals surface area contributed by atoms with Crippen LogP contribution in [0, 0.1) is 12.8 Å². The third-order valence-electron chi connectivity index (χ3n) is 4.86. The highest BCUT2D eigenvalue weighted by Crippen LogP contribution is 2.38. The van der Waals surface area contributed by atoms with Gasteiger partial charge in [-0.2, -0.15) is 5.10 Å². The van der Waals surface area contributed by atoms with Crippen LogP contribution in [0.25, 0.3) is 0 Å². The number of likely N-dealkylation sites (tertiary alicyclic amines) is 1. The molecule has 1 aromatic heterocycles. The fourth-order valence-corrected chi connectivity index (χ4v) is 3.17. The molecule has 1 saturated heterocycles. The van der Waals surface area contributed by atoms with Gasteiger partial charge in [0, 0.05) is 36.6 Å². The normalized spacial score (nSPS) is 17.6.